The topological polar surface area (TPSA) is 76.2 Å². The molecule has 4 nitrogen and oxygen atoms in total. The van der Waals surface area contributed by atoms with E-state index in [9.17, 15) is 4.79 Å². The molecule has 0 fully saturated rings. The van der Waals surface area contributed by atoms with Crippen LogP contribution in [0.3, 0.4) is 0 Å². The molecule has 0 saturated carbocycles. The fourth-order valence-electron chi connectivity index (χ4n) is 0.626. The average molecular weight is 298 g/mol. The highest BCUT2D eigenvalue weighted by Crippen LogP contribution is 2.22. The maximum atomic E-state index is 10.4. The molecule has 1 heterocycles. The average Bonchev–Trinajstić information content (AvgIpc) is 1.99. The molecule has 6 heteroatoms. The maximum Gasteiger partial charge on any atom is 0.354 e. The minimum atomic E-state index is -1.14. The summed E-state index contributed by atoms with van der Waals surface area (Å²) in [5, 5.41) is 8.66. The lowest BCUT2D eigenvalue weighted by Gasteiger charge is -2.01. The number of pyridine rings is 1. The van der Waals surface area contributed by atoms with Gasteiger partial charge in [0.25, 0.3) is 0 Å². The van der Waals surface area contributed by atoms with Gasteiger partial charge in [-0.25, -0.2) is 9.78 Å². The van der Waals surface area contributed by atoms with Crippen molar-refractivity contribution in [1.82, 2.24) is 4.98 Å². The molecule has 1 aromatic heterocycles. The van der Waals surface area contributed by atoms with Gasteiger partial charge in [-0.2, -0.15) is 0 Å². The van der Waals surface area contributed by atoms with E-state index in [1.807, 2.05) is 22.6 Å². The van der Waals surface area contributed by atoms with Gasteiger partial charge in [-0.1, -0.05) is 11.6 Å². The van der Waals surface area contributed by atoms with Crippen LogP contribution in [0.1, 0.15) is 10.5 Å². The molecule has 1 rings (SSSR count). The smallest absolute Gasteiger partial charge is 0.354 e. The number of carboxylic acids is 1. The Kier molecular flexibility index (Phi) is 2.73. The first-order chi connectivity index (χ1) is 5.52. The molecule has 0 unspecified atom stereocenters. The molecule has 0 atom stereocenters. The van der Waals surface area contributed by atoms with Gasteiger partial charge < -0.3 is 10.8 Å². The summed E-state index contributed by atoms with van der Waals surface area (Å²) in [6, 6.07) is 1.27. The highest BCUT2D eigenvalue weighted by Gasteiger charge is 2.10. The van der Waals surface area contributed by atoms with Crippen molar-refractivity contribution < 1.29 is 9.90 Å². The fourth-order valence-corrected chi connectivity index (χ4v) is 1.10. The highest BCUT2D eigenvalue weighted by atomic mass is 127. The Morgan fingerprint density at radius 2 is 2.33 bits per heavy atom. The standard InChI is InChI=1S/C6H4ClIN2O2/c7-5-4(8)2(9)1-3(10-5)6(11)12/h1H,(H2,9,10)(H,11,12). The number of carbonyl (C=O) groups is 1. The zero-order valence-electron chi connectivity index (χ0n) is 5.71. The second-order valence-corrected chi connectivity index (χ2v) is 3.44. The van der Waals surface area contributed by atoms with E-state index in [1.54, 1.807) is 0 Å². The minimum absolute atomic E-state index is 0.119. The SMILES string of the molecule is Nc1cc(C(=O)O)nc(Cl)c1I. The van der Waals surface area contributed by atoms with Crippen molar-refractivity contribution >= 4 is 45.8 Å². The first-order valence-electron chi connectivity index (χ1n) is 2.87. The van der Waals surface area contributed by atoms with Crippen molar-refractivity contribution in [2.24, 2.45) is 0 Å². The van der Waals surface area contributed by atoms with Crippen LogP contribution in [0.2, 0.25) is 5.15 Å². The number of nitrogen functional groups attached to an aromatic ring is 1. The Hall–Kier alpha value is -0.560. The third kappa shape index (κ3) is 1.78. The van der Waals surface area contributed by atoms with Gasteiger partial charge >= 0.3 is 5.97 Å². The number of aromatic carboxylic acids is 1. The van der Waals surface area contributed by atoms with Crippen LogP contribution in [-0.4, -0.2) is 16.1 Å². The highest BCUT2D eigenvalue weighted by molar-refractivity contribution is 14.1. The summed E-state index contributed by atoms with van der Waals surface area (Å²) in [5.41, 5.74) is 5.65. The molecular weight excluding hydrogens is 294 g/mol. The van der Waals surface area contributed by atoms with Crippen LogP contribution in [0.5, 0.6) is 0 Å². The number of rotatable bonds is 1. The molecule has 12 heavy (non-hydrogen) atoms. The second kappa shape index (κ2) is 3.44. The molecule has 0 saturated heterocycles. The van der Waals surface area contributed by atoms with Crippen LogP contribution in [0.15, 0.2) is 6.07 Å². The number of nitrogens with zero attached hydrogens (tertiary/aromatic N) is 1. The van der Waals surface area contributed by atoms with Crippen molar-refractivity contribution in [2.75, 3.05) is 5.73 Å². The summed E-state index contributed by atoms with van der Waals surface area (Å²) < 4.78 is 0.569. The third-order valence-corrected chi connectivity index (χ3v) is 2.89. The quantitative estimate of drug-likeness (QED) is 0.610. The van der Waals surface area contributed by atoms with Gasteiger partial charge in [0.1, 0.15) is 5.15 Å². The summed E-state index contributed by atoms with van der Waals surface area (Å²) >= 11 is 7.50. The van der Waals surface area contributed by atoms with Gasteiger partial charge in [0.05, 0.1) is 9.26 Å². The Labute approximate surface area is 86.9 Å². The number of halogens is 2. The van der Waals surface area contributed by atoms with Crippen molar-refractivity contribution in [3.05, 3.63) is 20.5 Å². The summed E-state index contributed by atoms with van der Waals surface area (Å²) in [4.78, 5) is 14.0. The van der Waals surface area contributed by atoms with Crippen LogP contribution in [0.4, 0.5) is 5.69 Å². The van der Waals surface area contributed by atoms with Crippen LogP contribution >= 0.6 is 34.2 Å². The second-order valence-electron chi connectivity index (χ2n) is 2.01. The lowest BCUT2D eigenvalue weighted by molar-refractivity contribution is 0.0690. The first-order valence-corrected chi connectivity index (χ1v) is 4.33. The fraction of sp³-hybridized carbons (Fsp3) is 0. The number of carboxylic acid groups (broad SMARTS) is 1. The molecule has 64 valence electrons. The summed E-state index contributed by atoms with van der Waals surface area (Å²) in [5.74, 6) is -1.14. The molecule has 0 radical (unpaired) electrons. The van der Waals surface area contributed by atoms with Gasteiger partial charge in [0, 0.05) is 0 Å². The molecule has 0 spiro atoms. The normalized spacial score (nSPS) is 9.83. The minimum Gasteiger partial charge on any atom is -0.477 e. The molecule has 0 aromatic carbocycles. The number of hydrogen-bond donors (Lipinski definition) is 2. The Balaban J connectivity index is 3.31. The number of nitrogens with two attached hydrogens (primary N) is 1. The number of anilines is 1. The maximum absolute atomic E-state index is 10.4. The molecule has 0 aliphatic heterocycles. The third-order valence-electron chi connectivity index (χ3n) is 1.16. The van der Waals surface area contributed by atoms with E-state index < -0.39 is 5.97 Å². The van der Waals surface area contributed by atoms with Crippen molar-refractivity contribution in [3.8, 4) is 0 Å². The monoisotopic (exact) mass is 298 g/mol. The Morgan fingerprint density at radius 3 is 2.75 bits per heavy atom. The molecule has 0 amide bonds. The van der Waals surface area contributed by atoms with Gasteiger partial charge in [-0.05, 0) is 28.7 Å². The molecule has 1 aromatic rings. The predicted molar refractivity (Wildman–Crippen MR) is 53.3 cm³/mol. The first kappa shape index (κ1) is 9.53. The van der Waals surface area contributed by atoms with Crippen LogP contribution in [-0.2, 0) is 0 Å². The summed E-state index contributed by atoms with van der Waals surface area (Å²) in [7, 11) is 0. The zero-order valence-corrected chi connectivity index (χ0v) is 8.63. The van der Waals surface area contributed by atoms with E-state index in [0.29, 0.717) is 9.26 Å². The van der Waals surface area contributed by atoms with E-state index in [-0.39, 0.29) is 10.8 Å². The Morgan fingerprint density at radius 1 is 1.75 bits per heavy atom. The largest absolute Gasteiger partial charge is 0.477 e. The Bertz CT molecular complexity index is 319. The van der Waals surface area contributed by atoms with Gasteiger partial charge in [0.15, 0.2) is 5.69 Å². The van der Waals surface area contributed by atoms with Crippen LogP contribution in [0, 0.1) is 3.57 Å². The van der Waals surface area contributed by atoms with E-state index in [4.69, 9.17) is 22.4 Å². The van der Waals surface area contributed by atoms with E-state index >= 15 is 0 Å². The van der Waals surface area contributed by atoms with Crippen molar-refractivity contribution in [1.29, 1.82) is 0 Å². The van der Waals surface area contributed by atoms with Crippen LogP contribution in [0.25, 0.3) is 0 Å². The lowest BCUT2D eigenvalue weighted by atomic mass is 10.3. The molecule has 0 bridgehead atoms. The van der Waals surface area contributed by atoms with E-state index in [1.165, 1.54) is 6.07 Å². The van der Waals surface area contributed by atoms with Crippen LogP contribution < -0.4 is 5.73 Å². The molecule has 0 aliphatic carbocycles. The molecule has 3 N–H and O–H groups in total. The van der Waals surface area contributed by atoms with Crippen molar-refractivity contribution in [3.63, 3.8) is 0 Å². The van der Waals surface area contributed by atoms with Gasteiger partial charge in [-0.3, -0.25) is 0 Å². The van der Waals surface area contributed by atoms with Gasteiger partial charge in [0.2, 0.25) is 0 Å². The van der Waals surface area contributed by atoms with E-state index in [2.05, 4.69) is 4.98 Å². The van der Waals surface area contributed by atoms with Crippen molar-refractivity contribution in [2.45, 2.75) is 0 Å². The summed E-state index contributed by atoms with van der Waals surface area (Å²) in [6.45, 7) is 0. The predicted octanol–water partition coefficient (Wildman–Crippen LogP) is 1.62. The molecular formula is C6H4ClIN2O2. The number of aromatic nitrogens is 1. The van der Waals surface area contributed by atoms with Gasteiger partial charge in [-0.15, -0.1) is 0 Å². The lowest BCUT2D eigenvalue weighted by Crippen LogP contribution is -2.03. The zero-order chi connectivity index (χ0) is 9.30. The molecule has 0 aliphatic rings. The van der Waals surface area contributed by atoms with E-state index in [0.717, 1.165) is 0 Å². The number of hydrogen-bond acceptors (Lipinski definition) is 3. The summed E-state index contributed by atoms with van der Waals surface area (Å²) in [6.07, 6.45) is 0.